The van der Waals surface area contributed by atoms with Gasteiger partial charge in [0.1, 0.15) is 0 Å². The second-order valence-corrected chi connectivity index (χ2v) is 7.28. The standard InChI is InChI=1S/C20H28N4.2ClH/c1-23-19-10-13-24(15-16-6-5-11-21-14-16)12-9-18(19)20(22-23)17-7-3-2-4-8-17;;/h2-4,7-8,16,21H,5-6,9-15H2,1H3;2*1H. The molecule has 144 valence electrons. The highest BCUT2D eigenvalue weighted by atomic mass is 35.5. The SMILES string of the molecule is Cl.Cl.Cn1nc(-c2ccccc2)c2c1CCN(CC1CCCNC1)CC2. The number of benzene rings is 1. The van der Waals surface area contributed by atoms with Crippen LogP contribution in [0.25, 0.3) is 11.3 Å². The van der Waals surface area contributed by atoms with Crippen LogP contribution in [0.2, 0.25) is 0 Å². The Labute approximate surface area is 169 Å². The Morgan fingerprint density at radius 2 is 1.88 bits per heavy atom. The molecule has 26 heavy (non-hydrogen) atoms. The third-order valence-corrected chi connectivity index (χ3v) is 5.58. The molecule has 1 unspecified atom stereocenters. The van der Waals surface area contributed by atoms with E-state index >= 15 is 0 Å². The largest absolute Gasteiger partial charge is 0.316 e. The number of hydrogen-bond acceptors (Lipinski definition) is 3. The summed E-state index contributed by atoms with van der Waals surface area (Å²) in [5.74, 6) is 0.826. The second-order valence-electron chi connectivity index (χ2n) is 7.28. The molecule has 2 aliphatic heterocycles. The highest BCUT2D eigenvalue weighted by Gasteiger charge is 2.24. The van der Waals surface area contributed by atoms with Gasteiger partial charge in [-0.05, 0) is 38.3 Å². The quantitative estimate of drug-likeness (QED) is 0.863. The van der Waals surface area contributed by atoms with Gasteiger partial charge in [0.15, 0.2) is 0 Å². The summed E-state index contributed by atoms with van der Waals surface area (Å²) in [6.07, 6.45) is 4.95. The molecule has 1 aromatic carbocycles. The van der Waals surface area contributed by atoms with Gasteiger partial charge in [-0.15, -0.1) is 24.8 Å². The highest BCUT2D eigenvalue weighted by molar-refractivity contribution is 5.85. The number of fused-ring (bicyclic) bond motifs is 1. The summed E-state index contributed by atoms with van der Waals surface area (Å²) in [5, 5.41) is 8.38. The number of nitrogens with one attached hydrogen (secondary N) is 1. The van der Waals surface area contributed by atoms with Crippen molar-refractivity contribution in [3.05, 3.63) is 41.6 Å². The molecule has 4 nitrogen and oxygen atoms in total. The monoisotopic (exact) mass is 396 g/mol. The Hall–Kier alpha value is -1.07. The highest BCUT2D eigenvalue weighted by Crippen LogP contribution is 2.28. The molecule has 1 aromatic heterocycles. The lowest BCUT2D eigenvalue weighted by Crippen LogP contribution is -2.39. The van der Waals surface area contributed by atoms with Gasteiger partial charge in [-0.25, -0.2) is 0 Å². The van der Waals surface area contributed by atoms with Crippen LogP contribution in [0.15, 0.2) is 30.3 Å². The van der Waals surface area contributed by atoms with Crippen molar-refractivity contribution >= 4 is 24.8 Å². The van der Waals surface area contributed by atoms with Gasteiger partial charge in [-0.3, -0.25) is 4.68 Å². The first-order valence-corrected chi connectivity index (χ1v) is 9.34. The van der Waals surface area contributed by atoms with Crippen molar-refractivity contribution in [2.24, 2.45) is 13.0 Å². The normalized spacial score (nSPS) is 20.4. The second kappa shape index (κ2) is 9.75. The van der Waals surface area contributed by atoms with Gasteiger partial charge >= 0.3 is 0 Å². The summed E-state index contributed by atoms with van der Waals surface area (Å²) in [7, 11) is 2.10. The Morgan fingerprint density at radius 3 is 2.62 bits per heavy atom. The van der Waals surface area contributed by atoms with Crippen LogP contribution in [-0.2, 0) is 19.9 Å². The van der Waals surface area contributed by atoms with E-state index in [0.717, 1.165) is 31.8 Å². The number of piperidine rings is 1. The molecule has 2 aliphatic rings. The van der Waals surface area contributed by atoms with Crippen LogP contribution in [-0.4, -0.2) is 47.4 Å². The Kier molecular flexibility index (Phi) is 7.96. The molecule has 0 spiro atoms. The zero-order valence-corrected chi connectivity index (χ0v) is 17.1. The zero-order chi connectivity index (χ0) is 16.4. The number of aryl methyl sites for hydroxylation is 1. The first-order chi connectivity index (χ1) is 11.8. The van der Waals surface area contributed by atoms with Crippen molar-refractivity contribution in [2.45, 2.75) is 25.7 Å². The van der Waals surface area contributed by atoms with E-state index < -0.39 is 0 Å². The van der Waals surface area contributed by atoms with Gasteiger partial charge in [-0.1, -0.05) is 30.3 Å². The van der Waals surface area contributed by atoms with Crippen LogP contribution in [0.4, 0.5) is 0 Å². The van der Waals surface area contributed by atoms with Gasteiger partial charge in [0, 0.05) is 49.9 Å². The number of nitrogens with zero attached hydrogens (tertiary/aromatic N) is 3. The molecular weight excluding hydrogens is 367 g/mol. The van der Waals surface area contributed by atoms with Crippen LogP contribution in [0.3, 0.4) is 0 Å². The molecule has 4 rings (SSSR count). The van der Waals surface area contributed by atoms with E-state index in [-0.39, 0.29) is 24.8 Å². The van der Waals surface area contributed by atoms with E-state index in [0.29, 0.717) is 0 Å². The lowest BCUT2D eigenvalue weighted by atomic mass is 9.99. The van der Waals surface area contributed by atoms with E-state index in [1.807, 2.05) is 0 Å². The molecular formula is C20H30Cl2N4. The molecule has 3 heterocycles. The fraction of sp³-hybridized carbons (Fsp3) is 0.550. The van der Waals surface area contributed by atoms with E-state index in [1.165, 1.54) is 55.0 Å². The van der Waals surface area contributed by atoms with Gasteiger partial charge in [0.05, 0.1) is 5.69 Å². The summed E-state index contributed by atoms with van der Waals surface area (Å²) in [4.78, 5) is 2.67. The molecule has 0 radical (unpaired) electrons. The summed E-state index contributed by atoms with van der Waals surface area (Å²) in [5.41, 5.74) is 5.33. The summed E-state index contributed by atoms with van der Waals surface area (Å²) < 4.78 is 2.11. The molecule has 1 fully saturated rings. The van der Waals surface area contributed by atoms with Crippen molar-refractivity contribution in [2.75, 3.05) is 32.7 Å². The number of rotatable bonds is 3. The first kappa shape index (κ1) is 21.2. The van der Waals surface area contributed by atoms with Crippen LogP contribution >= 0.6 is 24.8 Å². The Balaban J connectivity index is 0.00000121. The van der Waals surface area contributed by atoms with Crippen molar-refractivity contribution in [3.8, 4) is 11.3 Å². The summed E-state index contributed by atoms with van der Waals surface area (Å²) in [6, 6.07) is 10.6. The van der Waals surface area contributed by atoms with E-state index in [1.54, 1.807) is 0 Å². The maximum absolute atomic E-state index is 4.83. The molecule has 0 amide bonds. The third kappa shape index (κ3) is 4.61. The van der Waals surface area contributed by atoms with Gasteiger partial charge in [0.25, 0.3) is 0 Å². The summed E-state index contributed by atoms with van der Waals surface area (Å²) >= 11 is 0. The van der Waals surface area contributed by atoms with Crippen molar-refractivity contribution in [3.63, 3.8) is 0 Å². The van der Waals surface area contributed by atoms with Crippen LogP contribution < -0.4 is 5.32 Å². The zero-order valence-electron chi connectivity index (χ0n) is 15.5. The van der Waals surface area contributed by atoms with Gasteiger partial charge in [-0.2, -0.15) is 5.10 Å². The third-order valence-electron chi connectivity index (χ3n) is 5.58. The van der Waals surface area contributed by atoms with Crippen LogP contribution in [0.1, 0.15) is 24.1 Å². The lowest BCUT2D eigenvalue weighted by molar-refractivity contribution is 0.215. The fourth-order valence-corrected chi connectivity index (χ4v) is 4.28. The molecule has 2 aromatic rings. The van der Waals surface area contributed by atoms with Crippen LogP contribution in [0.5, 0.6) is 0 Å². The van der Waals surface area contributed by atoms with Crippen molar-refractivity contribution < 1.29 is 0 Å². The van der Waals surface area contributed by atoms with Gasteiger partial charge < -0.3 is 10.2 Å². The van der Waals surface area contributed by atoms with Crippen molar-refractivity contribution in [1.82, 2.24) is 20.0 Å². The molecule has 1 N–H and O–H groups in total. The lowest BCUT2D eigenvalue weighted by Gasteiger charge is -2.29. The minimum atomic E-state index is 0. The average molecular weight is 397 g/mol. The predicted octanol–water partition coefficient (Wildman–Crippen LogP) is 3.33. The minimum absolute atomic E-state index is 0. The van der Waals surface area contributed by atoms with E-state index in [2.05, 4.69) is 52.3 Å². The topological polar surface area (TPSA) is 33.1 Å². The Bertz CT molecular complexity index is 681. The first-order valence-electron chi connectivity index (χ1n) is 9.34. The number of halogens is 2. The maximum Gasteiger partial charge on any atom is 0.0958 e. The molecule has 1 atom stereocenters. The molecule has 0 aliphatic carbocycles. The molecule has 6 heteroatoms. The van der Waals surface area contributed by atoms with E-state index in [4.69, 9.17) is 5.10 Å². The average Bonchev–Trinajstić information content (AvgIpc) is 2.80. The minimum Gasteiger partial charge on any atom is -0.316 e. The smallest absolute Gasteiger partial charge is 0.0958 e. The molecule has 1 saturated heterocycles. The van der Waals surface area contributed by atoms with Crippen molar-refractivity contribution in [1.29, 1.82) is 0 Å². The fourth-order valence-electron chi connectivity index (χ4n) is 4.28. The number of aromatic nitrogens is 2. The molecule has 0 bridgehead atoms. The van der Waals surface area contributed by atoms with Gasteiger partial charge in [0.2, 0.25) is 0 Å². The Morgan fingerprint density at radius 1 is 1.12 bits per heavy atom. The molecule has 0 saturated carbocycles. The van der Waals surface area contributed by atoms with E-state index in [9.17, 15) is 0 Å². The maximum atomic E-state index is 4.83. The van der Waals surface area contributed by atoms with Crippen LogP contribution in [0, 0.1) is 5.92 Å². The summed E-state index contributed by atoms with van der Waals surface area (Å²) in [6.45, 7) is 5.97. The predicted molar refractivity (Wildman–Crippen MR) is 113 cm³/mol. The number of hydrogen-bond donors (Lipinski definition) is 1.